The summed E-state index contributed by atoms with van der Waals surface area (Å²) in [6.45, 7) is 0. The lowest BCUT2D eigenvalue weighted by atomic mass is 10.1. The maximum Gasteiger partial charge on any atom is 0.188 e. The molecule has 0 saturated carbocycles. The molecular weight excluding hydrogens is 246 g/mol. The minimum atomic E-state index is 0.0140. The van der Waals surface area contributed by atoms with Crippen LogP contribution in [0.2, 0.25) is 0 Å². The number of rotatable bonds is 3. The van der Waals surface area contributed by atoms with Crippen LogP contribution in [0.4, 0.5) is 0 Å². The molecule has 0 spiro atoms. The molecule has 2 aromatic heterocycles. The topological polar surface area (TPSA) is 47.8 Å². The number of thiazole rings is 1. The molecule has 0 N–H and O–H groups in total. The van der Waals surface area contributed by atoms with E-state index in [0.717, 1.165) is 16.6 Å². The van der Waals surface area contributed by atoms with Gasteiger partial charge in [0.15, 0.2) is 5.78 Å². The Morgan fingerprint density at radius 1 is 1.39 bits per heavy atom. The number of nitrogens with zero attached hydrogens (tertiary/aromatic N) is 3. The summed E-state index contributed by atoms with van der Waals surface area (Å²) in [5, 5.41) is 7.21. The lowest BCUT2D eigenvalue weighted by Crippen LogP contribution is -2.05. The number of hydrogen-bond acceptors (Lipinski definition) is 4. The van der Waals surface area contributed by atoms with Crippen molar-refractivity contribution >= 4 is 28.0 Å². The highest BCUT2D eigenvalue weighted by Crippen LogP contribution is 2.19. The van der Waals surface area contributed by atoms with Crippen molar-refractivity contribution < 1.29 is 4.79 Å². The van der Waals surface area contributed by atoms with E-state index in [1.165, 1.54) is 11.3 Å². The Balaban J connectivity index is 1.98. The van der Waals surface area contributed by atoms with Crippen LogP contribution in [0.5, 0.6) is 0 Å². The first-order valence-electron chi connectivity index (χ1n) is 5.57. The van der Waals surface area contributed by atoms with Gasteiger partial charge in [-0.25, -0.2) is 4.98 Å². The molecule has 0 unspecified atom stereocenters. The first kappa shape index (κ1) is 11.1. The van der Waals surface area contributed by atoms with Gasteiger partial charge in [0, 0.05) is 17.8 Å². The number of carbonyl (C=O) groups excluding carboxylic acids is 1. The monoisotopic (exact) mass is 257 g/mol. The number of para-hydroxylation sites is 1. The van der Waals surface area contributed by atoms with Crippen molar-refractivity contribution in [2.75, 3.05) is 0 Å². The van der Waals surface area contributed by atoms with Gasteiger partial charge in [0.05, 0.1) is 23.1 Å². The first-order valence-corrected chi connectivity index (χ1v) is 6.52. The molecule has 90 valence electrons. The van der Waals surface area contributed by atoms with Crippen molar-refractivity contribution in [3.8, 4) is 0 Å². The highest BCUT2D eigenvalue weighted by Gasteiger charge is 2.14. The third-order valence-corrected chi connectivity index (χ3v) is 3.47. The fourth-order valence-corrected chi connectivity index (χ4v) is 2.57. The number of carbonyl (C=O) groups is 1. The van der Waals surface area contributed by atoms with E-state index < -0.39 is 0 Å². The Kier molecular flexibility index (Phi) is 2.68. The second-order valence-electron chi connectivity index (χ2n) is 4.06. The normalized spacial score (nSPS) is 10.9. The predicted molar refractivity (Wildman–Crippen MR) is 70.9 cm³/mol. The largest absolute Gasteiger partial charge is 0.292 e. The van der Waals surface area contributed by atoms with Crippen molar-refractivity contribution in [3.63, 3.8) is 0 Å². The third-order valence-electron chi connectivity index (χ3n) is 2.88. The number of ketones is 1. The van der Waals surface area contributed by atoms with Crippen LogP contribution in [0, 0.1) is 0 Å². The Hall–Kier alpha value is -2.01. The average Bonchev–Trinajstić information content (AvgIpc) is 3.00. The van der Waals surface area contributed by atoms with Gasteiger partial charge in [0.1, 0.15) is 5.69 Å². The van der Waals surface area contributed by atoms with Gasteiger partial charge in [-0.2, -0.15) is 5.10 Å². The SMILES string of the molecule is Cn1nc(CC(=O)c2cscn2)c2ccccc21. The van der Waals surface area contributed by atoms with Gasteiger partial charge in [-0.1, -0.05) is 18.2 Å². The van der Waals surface area contributed by atoms with E-state index in [4.69, 9.17) is 0 Å². The van der Waals surface area contributed by atoms with E-state index in [-0.39, 0.29) is 5.78 Å². The number of aromatic nitrogens is 3. The molecule has 1 aromatic carbocycles. The second-order valence-corrected chi connectivity index (χ2v) is 4.78. The number of fused-ring (bicyclic) bond motifs is 1. The van der Waals surface area contributed by atoms with Gasteiger partial charge in [-0.3, -0.25) is 9.48 Å². The standard InChI is InChI=1S/C13H11N3OS/c1-16-12-5-3-2-4-9(12)10(15-16)6-13(17)11-7-18-8-14-11/h2-5,7-8H,6H2,1H3. The van der Waals surface area contributed by atoms with E-state index in [9.17, 15) is 4.79 Å². The Labute approximate surface area is 108 Å². The van der Waals surface area contributed by atoms with Gasteiger partial charge >= 0.3 is 0 Å². The van der Waals surface area contributed by atoms with Gasteiger partial charge in [0.25, 0.3) is 0 Å². The summed E-state index contributed by atoms with van der Waals surface area (Å²) in [5.74, 6) is 0.0140. The molecule has 2 heterocycles. The van der Waals surface area contributed by atoms with Gasteiger partial charge in [0.2, 0.25) is 0 Å². The lowest BCUT2D eigenvalue weighted by molar-refractivity contribution is 0.0988. The van der Waals surface area contributed by atoms with Gasteiger partial charge in [-0.05, 0) is 6.07 Å². The van der Waals surface area contributed by atoms with Crippen LogP contribution in [0.3, 0.4) is 0 Å². The van der Waals surface area contributed by atoms with Crippen molar-refractivity contribution in [1.82, 2.24) is 14.8 Å². The summed E-state index contributed by atoms with van der Waals surface area (Å²) in [5.41, 5.74) is 4.04. The molecule has 0 aliphatic heterocycles. The van der Waals surface area contributed by atoms with E-state index >= 15 is 0 Å². The molecule has 3 rings (SSSR count). The van der Waals surface area contributed by atoms with Crippen molar-refractivity contribution in [2.45, 2.75) is 6.42 Å². The number of benzene rings is 1. The Bertz CT molecular complexity index is 700. The van der Waals surface area contributed by atoms with Crippen LogP contribution in [0.25, 0.3) is 10.9 Å². The van der Waals surface area contributed by atoms with Crippen LogP contribution in [0.15, 0.2) is 35.2 Å². The van der Waals surface area contributed by atoms with Crippen LogP contribution >= 0.6 is 11.3 Å². The van der Waals surface area contributed by atoms with E-state index in [0.29, 0.717) is 12.1 Å². The molecule has 4 nitrogen and oxygen atoms in total. The predicted octanol–water partition coefficient (Wildman–Crippen LogP) is 2.46. The van der Waals surface area contributed by atoms with Crippen LogP contribution < -0.4 is 0 Å². The number of Topliss-reactive ketones (excluding diaryl/α,β-unsaturated/α-hetero) is 1. The summed E-state index contributed by atoms with van der Waals surface area (Å²) in [6, 6.07) is 7.92. The van der Waals surface area contributed by atoms with Gasteiger partial charge in [-0.15, -0.1) is 11.3 Å². The molecule has 18 heavy (non-hydrogen) atoms. The molecule has 3 aromatic rings. The summed E-state index contributed by atoms with van der Waals surface area (Å²) >= 11 is 1.43. The maximum absolute atomic E-state index is 12.0. The van der Waals surface area contributed by atoms with Crippen molar-refractivity contribution in [2.24, 2.45) is 7.05 Å². The second kappa shape index (κ2) is 4.34. The highest BCUT2D eigenvalue weighted by molar-refractivity contribution is 7.07. The van der Waals surface area contributed by atoms with Crippen LogP contribution in [-0.4, -0.2) is 20.5 Å². The quantitative estimate of drug-likeness (QED) is 0.677. The van der Waals surface area contributed by atoms with Crippen molar-refractivity contribution in [3.05, 3.63) is 46.5 Å². The smallest absolute Gasteiger partial charge is 0.188 e. The molecule has 0 amide bonds. The van der Waals surface area contributed by atoms with Gasteiger partial charge < -0.3 is 0 Å². The lowest BCUT2D eigenvalue weighted by Gasteiger charge is -1.94. The summed E-state index contributed by atoms with van der Waals surface area (Å²) in [6.07, 6.45) is 0.297. The van der Waals surface area contributed by atoms with Crippen LogP contribution in [0.1, 0.15) is 16.2 Å². The summed E-state index contributed by atoms with van der Waals surface area (Å²) in [7, 11) is 1.89. The summed E-state index contributed by atoms with van der Waals surface area (Å²) in [4.78, 5) is 16.1. The third kappa shape index (κ3) is 1.82. The highest BCUT2D eigenvalue weighted by atomic mass is 32.1. The molecule has 0 aliphatic carbocycles. The Morgan fingerprint density at radius 2 is 2.22 bits per heavy atom. The Morgan fingerprint density at radius 3 is 3.00 bits per heavy atom. The number of aryl methyl sites for hydroxylation is 1. The van der Waals surface area contributed by atoms with Crippen molar-refractivity contribution in [1.29, 1.82) is 0 Å². The van der Waals surface area contributed by atoms with E-state index in [1.54, 1.807) is 15.6 Å². The van der Waals surface area contributed by atoms with E-state index in [1.807, 2.05) is 31.3 Å². The molecule has 0 saturated heterocycles. The molecule has 0 atom stereocenters. The fourth-order valence-electron chi connectivity index (χ4n) is 2.01. The maximum atomic E-state index is 12.0. The fraction of sp³-hybridized carbons (Fsp3) is 0.154. The molecule has 0 fully saturated rings. The summed E-state index contributed by atoms with van der Waals surface area (Å²) < 4.78 is 1.80. The molecule has 0 aliphatic rings. The van der Waals surface area contributed by atoms with Crippen LogP contribution in [-0.2, 0) is 13.5 Å². The number of hydrogen-bond donors (Lipinski definition) is 0. The molecule has 0 bridgehead atoms. The zero-order valence-corrected chi connectivity index (χ0v) is 10.6. The zero-order valence-electron chi connectivity index (χ0n) is 9.83. The minimum Gasteiger partial charge on any atom is -0.292 e. The molecule has 5 heteroatoms. The molecular formula is C13H11N3OS. The van der Waals surface area contributed by atoms with E-state index in [2.05, 4.69) is 10.1 Å². The first-order chi connectivity index (χ1) is 8.75. The average molecular weight is 257 g/mol. The minimum absolute atomic E-state index is 0.0140. The molecule has 0 radical (unpaired) electrons. The zero-order chi connectivity index (χ0) is 12.5.